The molecule has 3 aliphatic rings. The number of hydrogen-bond donors (Lipinski definition) is 0. The fourth-order valence-electron chi connectivity index (χ4n) is 7.57. The van der Waals surface area contributed by atoms with E-state index in [1.807, 2.05) is 13.0 Å². The molecule has 0 saturated heterocycles. The van der Waals surface area contributed by atoms with Crippen molar-refractivity contribution in [3.05, 3.63) is 65.3 Å². The summed E-state index contributed by atoms with van der Waals surface area (Å²) in [5.41, 5.74) is 2.02. The molecule has 210 valence electrons. The van der Waals surface area contributed by atoms with Crippen LogP contribution in [0.15, 0.2) is 42.5 Å². The first-order chi connectivity index (χ1) is 18.6. The highest BCUT2D eigenvalue weighted by Crippen LogP contribution is 2.43. The first kappa shape index (κ1) is 29.3. The third kappa shape index (κ3) is 8.15. The molecule has 0 radical (unpaired) electrons. The van der Waals surface area contributed by atoms with Gasteiger partial charge in [0.05, 0.1) is 0 Å². The molecule has 2 saturated carbocycles. The second-order valence-corrected chi connectivity index (χ2v) is 12.6. The summed E-state index contributed by atoms with van der Waals surface area (Å²) in [6.45, 7) is 4.10. The van der Waals surface area contributed by atoms with E-state index < -0.39 is 11.6 Å². The Morgan fingerprint density at radius 3 is 2.13 bits per heavy atom. The highest BCUT2D eigenvalue weighted by molar-refractivity contribution is 5.67. The van der Waals surface area contributed by atoms with E-state index in [1.165, 1.54) is 77.0 Å². The zero-order valence-corrected chi connectivity index (χ0v) is 24.2. The first-order valence-electron chi connectivity index (χ1n) is 16.0. The molecule has 2 heteroatoms. The zero-order chi connectivity index (χ0) is 26.7. The average Bonchev–Trinajstić information content (AvgIpc) is 2.95. The maximum atomic E-state index is 14.7. The van der Waals surface area contributed by atoms with Crippen molar-refractivity contribution >= 4 is 5.57 Å². The summed E-state index contributed by atoms with van der Waals surface area (Å²) >= 11 is 0. The maximum absolute atomic E-state index is 14.7. The van der Waals surface area contributed by atoms with Gasteiger partial charge in [0, 0.05) is 5.56 Å². The fourth-order valence-corrected chi connectivity index (χ4v) is 7.57. The van der Waals surface area contributed by atoms with E-state index in [-0.39, 0.29) is 0 Å². The highest BCUT2D eigenvalue weighted by Gasteiger charge is 2.30. The molecule has 0 N–H and O–H groups in total. The lowest BCUT2D eigenvalue weighted by atomic mass is 9.68. The minimum atomic E-state index is -0.637. The summed E-state index contributed by atoms with van der Waals surface area (Å²) in [6.07, 6.45) is 32.5. The van der Waals surface area contributed by atoms with Crippen molar-refractivity contribution in [2.45, 2.75) is 123 Å². The van der Waals surface area contributed by atoms with Crippen LogP contribution in [0.1, 0.15) is 128 Å². The molecule has 38 heavy (non-hydrogen) atoms. The van der Waals surface area contributed by atoms with Crippen molar-refractivity contribution in [1.82, 2.24) is 0 Å². The molecule has 0 heterocycles. The van der Waals surface area contributed by atoms with E-state index >= 15 is 0 Å². The second-order valence-electron chi connectivity index (χ2n) is 12.6. The lowest BCUT2D eigenvalue weighted by Gasteiger charge is -2.37. The summed E-state index contributed by atoms with van der Waals surface area (Å²) in [6, 6.07) is 3.60. The van der Waals surface area contributed by atoms with Gasteiger partial charge in [-0.15, -0.1) is 0 Å². The van der Waals surface area contributed by atoms with Crippen LogP contribution in [-0.4, -0.2) is 0 Å². The third-order valence-electron chi connectivity index (χ3n) is 10.0. The van der Waals surface area contributed by atoms with Crippen LogP contribution in [0.5, 0.6) is 0 Å². The Kier molecular flexibility index (Phi) is 11.7. The molecule has 1 aromatic carbocycles. The minimum Gasteiger partial charge on any atom is -0.203 e. The van der Waals surface area contributed by atoms with Crippen LogP contribution in [0.3, 0.4) is 0 Å². The first-order valence-corrected chi connectivity index (χ1v) is 16.0. The summed E-state index contributed by atoms with van der Waals surface area (Å²) in [5, 5.41) is 0. The van der Waals surface area contributed by atoms with E-state index in [9.17, 15) is 8.78 Å². The summed E-state index contributed by atoms with van der Waals surface area (Å²) < 4.78 is 29.2. The van der Waals surface area contributed by atoms with Crippen LogP contribution in [-0.2, 0) is 6.42 Å². The van der Waals surface area contributed by atoms with Crippen molar-refractivity contribution in [1.29, 1.82) is 0 Å². The molecule has 0 nitrogen and oxygen atoms in total. The van der Waals surface area contributed by atoms with E-state index in [0.29, 0.717) is 23.5 Å². The Labute approximate surface area is 232 Å². The van der Waals surface area contributed by atoms with Crippen molar-refractivity contribution in [3.63, 3.8) is 0 Å². The molecule has 0 aliphatic heterocycles. The average molecular weight is 523 g/mol. The third-order valence-corrected chi connectivity index (χ3v) is 10.0. The molecule has 1 unspecified atom stereocenters. The van der Waals surface area contributed by atoms with Gasteiger partial charge in [-0.2, -0.15) is 0 Å². The van der Waals surface area contributed by atoms with Gasteiger partial charge in [0.2, 0.25) is 0 Å². The molecule has 2 fully saturated rings. The molecule has 1 atom stereocenters. The number of benzene rings is 1. The van der Waals surface area contributed by atoms with E-state index in [2.05, 4.69) is 37.3 Å². The lowest BCUT2D eigenvalue weighted by Crippen LogP contribution is -2.25. The Balaban J connectivity index is 1.14. The van der Waals surface area contributed by atoms with Crippen LogP contribution >= 0.6 is 0 Å². The van der Waals surface area contributed by atoms with E-state index in [1.54, 1.807) is 6.07 Å². The van der Waals surface area contributed by atoms with Gasteiger partial charge in [-0.25, -0.2) is 8.78 Å². The Morgan fingerprint density at radius 1 is 0.789 bits per heavy atom. The SMILES string of the molecule is CC=CCCC=CC1CCC(C2CCC(CCC3CC=C(c4ccc(CCC)c(F)c4F)CC3)CC2)CC1. The Hall–Kier alpha value is -1.70. The molecule has 1 aromatic rings. The predicted octanol–water partition coefficient (Wildman–Crippen LogP) is 11.4. The molecular formula is C36H52F2. The number of allylic oxidation sites excluding steroid dienone is 6. The smallest absolute Gasteiger partial charge is 0.166 e. The Morgan fingerprint density at radius 2 is 1.47 bits per heavy atom. The van der Waals surface area contributed by atoms with Crippen LogP contribution in [0.4, 0.5) is 8.78 Å². The van der Waals surface area contributed by atoms with Gasteiger partial charge in [-0.05, 0) is 131 Å². The van der Waals surface area contributed by atoms with Gasteiger partial charge in [-0.3, -0.25) is 0 Å². The van der Waals surface area contributed by atoms with Crippen molar-refractivity contribution < 1.29 is 8.78 Å². The molecule has 3 aliphatic carbocycles. The summed E-state index contributed by atoms with van der Waals surface area (Å²) in [5.74, 6) is 3.13. The number of unbranched alkanes of at least 4 members (excludes halogenated alkanes) is 1. The van der Waals surface area contributed by atoms with Crippen LogP contribution in [0, 0.1) is 41.2 Å². The number of aryl methyl sites for hydroxylation is 1. The highest BCUT2D eigenvalue weighted by atomic mass is 19.2. The summed E-state index contributed by atoms with van der Waals surface area (Å²) in [7, 11) is 0. The van der Waals surface area contributed by atoms with Crippen LogP contribution in [0.2, 0.25) is 0 Å². The molecule has 0 amide bonds. The van der Waals surface area contributed by atoms with Gasteiger partial charge in [0.1, 0.15) is 0 Å². The van der Waals surface area contributed by atoms with E-state index in [4.69, 9.17) is 0 Å². The van der Waals surface area contributed by atoms with Crippen LogP contribution in [0.25, 0.3) is 5.57 Å². The zero-order valence-electron chi connectivity index (χ0n) is 24.2. The molecule has 0 bridgehead atoms. The van der Waals surface area contributed by atoms with Gasteiger partial charge < -0.3 is 0 Å². The monoisotopic (exact) mass is 522 g/mol. The van der Waals surface area contributed by atoms with Crippen molar-refractivity contribution in [2.75, 3.05) is 0 Å². The normalized spacial score (nSPS) is 28.7. The lowest BCUT2D eigenvalue weighted by molar-refractivity contribution is 0.149. The van der Waals surface area contributed by atoms with Gasteiger partial charge >= 0.3 is 0 Å². The van der Waals surface area contributed by atoms with Gasteiger partial charge in [-0.1, -0.05) is 75.1 Å². The molecule has 0 spiro atoms. The number of hydrogen-bond acceptors (Lipinski definition) is 0. The van der Waals surface area contributed by atoms with Gasteiger partial charge in [0.25, 0.3) is 0 Å². The second kappa shape index (κ2) is 15.2. The molecular weight excluding hydrogens is 470 g/mol. The van der Waals surface area contributed by atoms with Gasteiger partial charge in [0.15, 0.2) is 11.6 Å². The predicted molar refractivity (Wildman–Crippen MR) is 159 cm³/mol. The van der Waals surface area contributed by atoms with Crippen molar-refractivity contribution in [2.24, 2.45) is 29.6 Å². The fraction of sp³-hybridized carbons (Fsp3) is 0.667. The Bertz CT molecular complexity index is 938. The quantitative estimate of drug-likeness (QED) is 0.200. The standard InChI is InChI=1S/C36H52F2/c1-3-5-6-7-8-10-27-13-19-30(20-14-27)31-21-15-28(16-22-31)11-12-29-17-23-32(24-18-29)34-26-25-33(9-4-2)35(37)36(34)38/h3,5,8,10,23,25-31H,4,6-7,9,11-22,24H2,1-2H3. The van der Waals surface area contributed by atoms with Crippen LogP contribution < -0.4 is 0 Å². The maximum Gasteiger partial charge on any atom is 0.166 e. The van der Waals surface area contributed by atoms with E-state index in [0.717, 1.165) is 54.9 Å². The molecule has 4 rings (SSSR count). The summed E-state index contributed by atoms with van der Waals surface area (Å²) in [4.78, 5) is 0. The minimum absolute atomic E-state index is 0.494. The molecule has 0 aromatic heterocycles. The van der Waals surface area contributed by atoms with Crippen molar-refractivity contribution in [3.8, 4) is 0 Å². The largest absolute Gasteiger partial charge is 0.203 e. The number of rotatable bonds is 11. The number of halogens is 2. The topological polar surface area (TPSA) is 0 Å².